The highest BCUT2D eigenvalue weighted by Gasteiger charge is 2.31. The third-order valence-electron chi connectivity index (χ3n) is 4.34. The van der Waals surface area contributed by atoms with Crippen LogP contribution in [0.2, 0.25) is 0 Å². The summed E-state index contributed by atoms with van der Waals surface area (Å²) in [4.78, 5) is 6.93. The van der Waals surface area contributed by atoms with Gasteiger partial charge in [-0.05, 0) is 32.3 Å². The number of nitriles is 1. The summed E-state index contributed by atoms with van der Waals surface area (Å²) in [5.41, 5.74) is 3.87. The molecule has 0 aromatic carbocycles. The molecule has 1 aromatic heterocycles. The number of pyridine rings is 1. The summed E-state index contributed by atoms with van der Waals surface area (Å²) in [6.45, 7) is 9.96. The van der Waals surface area contributed by atoms with Crippen molar-refractivity contribution >= 4 is 5.82 Å². The molecule has 0 amide bonds. The maximum Gasteiger partial charge on any atom is 0.146 e. The first-order chi connectivity index (χ1) is 10.4. The van der Waals surface area contributed by atoms with Crippen molar-refractivity contribution in [2.24, 2.45) is 0 Å². The van der Waals surface area contributed by atoms with E-state index in [1.54, 1.807) is 0 Å². The van der Waals surface area contributed by atoms with Crippen molar-refractivity contribution in [3.8, 4) is 6.07 Å². The van der Waals surface area contributed by atoms with E-state index in [1.165, 1.54) is 0 Å². The number of hydrogen-bond acceptors (Lipinski definition) is 4. The summed E-state index contributed by atoms with van der Waals surface area (Å²) in [5.74, 6) is 0.837. The third-order valence-corrected chi connectivity index (χ3v) is 4.34. The van der Waals surface area contributed by atoms with Crippen LogP contribution in [0.5, 0.6) is 0 Å². The lowest BCUT2D eigenvalue weighted by atomic mass is 9.87. The zero-order valence-corrected chi connectivity index (χ0v) is 14.5. The molecule has 22 heavy (non-hydrogen) atoms. The lowest BCUT2D eigenvalue weighted by Crippen LogP contribution is -2.34. The van der Waals surface area contributed by atoms with E-state index < -0.39 is 0 Å². The zero-order chi connectivity index (χ0) is 16.3. The molecule has 4 heteroatoms. The van der Waals surface area contributed by atoms with Crippen LogP contribution in [0.25, 0.3) is 0 Å². The smallest absolute Gasteiger partial charge is 0.146 e. The summed E-state index contributed by atoms with van der Waals surface area (Å²) < 4.78 is 5.94. The van der Waals surface area contributed by atoms with Crippen LogP contribution in [0.15, 0.2) is 0 Å². The van der Waals surface area contributed by atoms with Crippen LogP contribution < -0.4 is 4.90 Å². The van der Waals surface area contributed by atoms with Crippen LogP contribution in [0.1, 0.15) is 62.9 Å². The fourth-order valence-corrected chi connectivity index (χ4v) is 3.01. The maximum absolute atomic E-state index is 9.73. The molecule has 0 N–H and O–H groups in total. The number of rotatable bonds is 5. The SMILES string of the molecule is CCCCN(C)c1nc(CC)c2c(c1C#N)CC(C)(C)OC2. The van der Waals surface area contributed by atoms with Crippen molar-refractivity contribution in [2.75, 3.05) is 18.5 Å². The normalized spacial score (nSPS) is 16.0. The molecule has 0 spiro atoms. The maximum atomic E-state index is 9.73. The predicted molar refractivity (Wildman–Crippen MR) is 89.1 cm³/mol. The van der Waals surface area contributed by atoms with Gasteiger partial charge in [-0.3, -0.25) is 0 Å². The van der Waals surface area contributed by atoms with Gasteiger partial charge < -0.3 is 9.64 Å². The van der Waals surface area contributed by atoms with Crippen LogP contribution in [-0.2, 0) is 24.2 Å². The molecule has 0 saturated carbocycles. The van der Waals surface area contributed by atoms with Crippen molar-refractivity contribution < 1.29 is 4.74 Å². The number of fused-ring (bicyclic) bond motifs is 1. The highest BCUT2D eigenvalue weighted by molar-refractivity contribution is 5.61. The number of ether oxygens (including phenoxy) is 1. The molecule has 4 nitrogen and oxygen atoms in total. The Balaban J connectivity index is 2.54. The van der Waals surface area contributed by atoms with Crippen LogP contribution in [0, 0.1) is 11.3 Å². The standard InChI is InChI=1S/C18H27N3O/c1-6-8-9-21(5)17-14(11-19)13-10-18(3,4)22-12-15(13)16(7-2)20-17/h6-10,12H2,1-5H3. The second kappa shape index (κ2) is 6.66. The number of anilines is 1. The summed E-state index contributed by atoms with van der Waals surface area (Å²) in [7, 11) is 2.04. The molecule has 120 valence electrons. The van der Waals surface area contributed by atoms with E-state index in [0.717, 1.165) is 60.4 Å². The molecule has 0 saturated heterocycles. The Morgan fingerprint density at radius 2 is 2.05 bits per heavy atom. The molecule has 1 aliphatic rings. The Labute approximate surface area is 134 Å². The van der Waals surface area contributed by atoms with Gasteiger partial charge in [0, 0.05) is 31.3 Å². The molecular weight excluding hydrogens is 274 g/mol. The van der Waals surface area contributed by atoms with Gasteiger partial charge in [-0.2, -0.15) is 5.26 Å². The van der Waals surface area contributed by atoms with Gasteiger partial charge in [-0.1, -0.05) is 20.3 Å². The molecule has 1 aromatic rings. The zero-order valence-electron chi connectivity index (χ0n) is 14.5. The van der Waals surface area contributed by atoms with Gasteiger partial charge in [0.05, 0.1) is 17.8 Å². The molecule has 0 unspecified atom stereocenters. The van der Waals surface area contributed by atoms with Crippen LogP contribution >= 0.6 is 0 Å². The molecule has 0 bridgehead atoms. The minimum atomic E-state index is -0.218. The Morgan fingerprint density at radius 1 is 1.32 bits per heavy atom. The van der Waals surface area contributed by atoms with Crippen LogP contribution in [-0.4, -0.2) is 24.2 Å². The quantitative estimate of drug-likeness (QED) is 0.833. The molecule has 2 heterocycles. The average Bonchev–Trinajstić information content (AvgIpc) is 2.49. The number of nitrogens with zero attached hydrogens (tertiary/aromatic N) is 3. The summed E-state index contributed by atoms with van der Waals surface area (Å²) in [6.07, 6.45) is 3.89. The predicted octanol–water partition coefficient (Wildman–Crippen LogP) is 3.60. The average molecular weight is 301 g/mol. The van der Waals surface area contributed by atoms with Crippen molar-refractivity contribution in [1.29, 1.82) is 5.26 Å². The fourth-order valence-electron chi connectivity index (χ4n) is 3.01. The van der Waals surface area contributed by atoms with Gasteiger partial charge >= 0.3 is 0 Å². The highest BCUT2D eigenvalue weighted by atomic mass is 16.5. The Bertz CT molecular complexity index is 587. The Hall–Kier alpha value is -1.60. The second-order valence-electron chi connectivity index (χ2n) is 6.68. The van der Waals surface area contributed by atoms with Gasteiger partial charge in [0.15, 0.2) is 0 Å². The minimum absolute atomic E-state index is 0.218. The minimum Gasteiger partial charge on any atom is -0.370 e. The van der Waals surface area contributed by atoms with E-state index in [-0.39, 0.29) is 5.60 Å². The fraction of sp³-hybridized carbons (Fsp3) is 0.667. The first-order valence-electron chi connectivity index (χ1n) is 8.23. The van der Waals surface area contributed by atoms with Gasteiger partial charge in [-0.25, -0.2) is 4.98 Å². The number of aryl methyl sites for hydroxylation is 1. The highest BCUT2D eigenvalue weighted by Crippen LogP contribution is 2.35. The van der Waals surface area contributed by atoms with Crippen molar-refractivity contribution in [1.82, 2.24) is 4.98 Å². The largest absolute Gasteiger partial charge is 0.370 e. The lowest BCUT2D eigenvalue weighted by molar-refractivity contribution is -0.0406. The van der Waals surface area contributed by atoms with Gasteiger partial charge in [0.1, 0.15) is 11.9 Å². The number of unbranched alkanes of at least 4 members (excludes halogenated alkanes) is 1. The third kappa shape index (κ3) is 3.25. The van der Waals surface area contributed by atoms with E-state index >= 15 is 0 Å². The lowest BCUT2D eigenvalue weighted by Gasteiger charge is -2.34. The van der Waals surface area contributed by atoms with E-state index in [1.807, 2.05) is 7.05 Å². The topological polar surface area (TPSA) is 49.2 Å². The number of hydrogen-bond donors (Lipinski definition) is 0. The summed E-state index contributed by atoms with van der Waals surface area (Å²) in [5, 5.41) is 9.73. The molecule has 2 rings (SSSR count). The molecular formula is C18H27N3O. The van der Waals surface area contributed by atoms with E-state index in [9.17, 15) is 5.26 Å². The Kier molecular flexibility index (Phi) is 5.08. The van der Waals surface area contributed by atoms with E-state index in [2.05, 4.69) is 38.7 Å². The molecule has 0 radical (unpaired) electrons. The number of aromatic nitrogens is 1. The van der Waals surface area contributed by atoms with E-state index in [0.29, 0.717) is 6.61 Å². The van der Waals surface area contributed by atoms with Crippen molar-refractivity contribution in [2.45, 2.75) is 65.6 Å². The van der Waals surface area contributed by atoms with Gasteiger partial charge in [0.25, 0.3) is 0 Å². The second-order valence-corrected chi connectivity index (χ2v) is 6.68. The van der Waals surface area contributed by atoms with Crippen LogP contribution in [0.4, 0.5) is 5.82 Å². The molecule has 1 aliphatic heterocycles. The van der Waals surface area contributed by atoms with Gasteiger partial charge in [0.2, 0.25) is 0 Å². The van der Waals surface area contributed by atoms with E-state index in [4.69, 9.17) is 9.72 Å². The summed E-state index contributed by atoms with van der Waals surface area (Å²) >= 11 is 0. The van der Waals surface area contributed by atoms with Crippen LogP contribution in [0.3, 0.4) is 0 Å². The van der Waals surface area contributed by atoms with Crippen molar-refractivity contribution in [3.63, 3.8) is 0 Å². The van der Waals surface area contributed by atoms with Crippen molar-refractivity contribution in [3.05, 3.63) is 22.4 Å². The monoisotopic (exact) mass is 301 g/mol. The summed E-state index contributed by atoms with van der Waals surface area (Å²) in [6, 6.07) is 2.41. The van der Waals surface area contributed by atoms with Gasteiger partial charge in [-0.15, -0.1) is 0 Å². The molecule has 0 aliphatic carbocycles. The first kappa shape index (κ1) is 16.8. The molecule has 0 atom stereocenters. The Morgan fingerprint density at radius 3 is 2.64 bits per heavy atom. The molecule has 0 fully saturated rings. The first-order valence-corrected chi connectivity index (χ1v) is 8.23.